The minimum atomic E-state index is -0.532. The zero-order valence-corrected chi connectivity index (χ0v) is 13.7. The third kappa shape index (κ3) is 3.14. The van der Waals surface area contributed by atoms with Crippen molar-refractivity contribution in [2.24, 2.45) is 10.7 Å². The topological polar surface area (TPSA) is 94.0 Å². The van der Waals surface area contributed by atoms with E-state index < -0.39 is 11.9 Å². The highest BCUT2D eigenvalue weighted by Crippen LogP contribution is 2.26. The average molecular weight is 353 g/mol. The maximum Gasteiger partial charge on any atom is 0.276 e. The molecule has 0 saturated heterocycles. The first kappa shape index (κ1) is 16.2. The summed E-state index contributed by atoms with van der Waals surface area (Å²) in [6.07, 6.45) is 1.76. The van der Waals surface area contributed by atoms with Crippen molar-refractivity contribution in [1.29, 1.82) is 0 Å². The van der Waals surface area contributed by atoms with Gasteiger partial charge in [0.25, 0.3) is 5.91 Å². The van der Waals surface area contributed by atoms with Gasteiger partial charge in [-0.05, 0) is 36.4 Å². The number of anilines is 1. The molecule has 8 heteroatoms. The lowest BCUT2D eigenvalue weighted by molar-refractivity contribution is 0.102. The zero-order valence-electron chi connectivity index (χ0n) is 13.7. The molecule has 1 aliphatic heterocycles. The number of aliphatic imine (C=N–C) groups is 1. The molecule has 3 N–H and O–H groups in total. The van der Waals surface area contributed by atoms with Gasteiger partial charge in [0.1, 0.15) is 24.3 Å². The summed E-state index contributed by atoms with van der Waals surface area (Å²) in [6.45, 7) is 0.476. The van der Waals surface area contributed by atoms with Crippen LogP contribution in [0.15, 0.2) is 53.7 Å². The number of amidine groups is 1. The number of hydrogen-bond acceptors (Lipinski definition) is 5. The SMILES string of the molecule is NC1=N[C@H](c2cc(NC(=O)c3cc4ccccn4n3)ccc2F)COC1. The molecule has 1 aliphatic rings. The van der Waals surface area contributed by atoms with Crippen LogP contribution >= 0.6 is 0 Å². The Morgan fingerprint density at radius 3 is 3.00 bits per heavy atom. The third-order valence-electron chi connectivity index (χ3n) is 4.06. The Hall–Kier alpha value is -3.26. The second-order valence-corrected chi connectivity index (χ2v) is 5.94. The highest BCUT2D eigenvalue weighted by Gasteiger charge is 2.20. The van der Waals surface area contributed by atoms with Crippen LogP contribution in [0.25, 0.3) is 5.52 Å². The van der Waals surface area contributed by atoms with Gasteiger partial charge in [0.05, 0.1) is 12.1 Å². The molecule has 0 bridgehead atoms. The average Bonchev–Trinajstić information content (AvgIpc) is 3.08. The molecule has 2 aromatic heterocycles. The number of amides is 1. The lowest BCUT2D eigenvalue weighted by Gasteiger charge is -2.20. The summed E-state index contributed by atoms with van der Waals surface area (Å²) < 4.78 is 21.1. The van der Waals surface area contributed by atoms with E-state index in [1.54, 1.807) is 22.8 Å². The molecule has 7 nitrogen and oxygen atoms in total. The summed E-state index contributed by atoms with van der Waals surface area (Å²) >= 11 is 0. The number of pyridine rings is 1. The molecule has 0 unspecified atom stereocenters. The monoisotopic (exact) mass is 353 g/mol. The second-order valence-electron chi connectivity index (χ2n) is 5.94. The van der Waals surface area contributed by atoms with Crippen molar-refractivity contribution in [3.8, 4) is 0 Å². The van der Waals surface area contributed by atoms with Gasteiger partial charge in [0.15, 0.2) is 5.69 Å². The molecular weight excluding hydrogens is 337 g/mol. The van der Waals surface area contributed by atoms with E-state index in [1.807, 2.05) is 18.2 Å². The van der Waals surface area contributed by atoms with E-state index in [0.717, 1.165) is 5.52 Å². The predicted molar refractivity (Wildman–Crippen MR) is 94.7 cm³/mol. The molecule has 1 aromatic carbocycles. The van der Waals surface area contributed by atoms with Crippen LogP contribution in [0.3, 0.4) is 0 Å². The number of hydrogen-bond donors (Lipinski definition) is 2. The number of halogens is 1. The Kier molecular flexibility index (Phi) is 4.10. The number of benzene rings is 1. The van der Waals surface area contributed by atoms with Crippen molar-refractivity contribution >= 4 is 22.9 Å². The quantitative estimate of drug-likeness (QED) is 0.754. The van der Waals surface area contributed by atoms with E-state index in [9.17, 15) is 9.18 Å². The van der Waals surface area contributed by atoms with Gasteiger partial charge < -0.3 is 15.8 Å². The number of fused-ring (bicyclic) bond motifs is 1. The molecule has 0 spiro atoms. The fraction of sp³-hybridized carbons (Fsp3) is 0.167. The molecule has 132 valence electrons. The van der Waals surface area contributed by atoms with E-state index in [0.29, 0.717) is 17.1 Å². The van der Waals surface area contributed by atoms with Crippen LogP contribution in [0.1, 0.15) is 22.1 Å². The molecule has 4 rings (SSSR count). The normalized spacial score (nSPS) is 17.1. The Morgan fingerprint density at radius 1 is 1.31 bits per heavy atom. The Morgan fingerprint density at radius 2 is 2.19 bits per heavy atom. The van der Waals surface area contributed by atoms with Crippen molar-refractivity contribution < 1.29 is 13.9 Å². The Balaban J connectivity index is 1.59. The van der Waals surface area contributed by atoms with Gasteiger partial charge in [-0.2, -0.15) is 5.10 Å². The molecule has 3 aromatic rings. The fourth-order valence-electron chi connectivity index (χ4n) is 2.83. The lowest BCUT2D eigenvalue weighted by Crippen LogP contribution is -2.27. The maximum absolute atomic E-state index is 14.2. The number of carbonyl (C=O) groups is 1. The summed E-state index contributed by atoms with van der Waals surface area (Å²) in [4.78, 5) is 16.7. The maximum atomic E-state index is 14.2. The van der Waals surface area contributed by atoms with Crippen molar-refractivity contribution in [1.82, 2.24) is 9.61 Å². The van der Waals surface area contributed by atoms with Gasteiger partial charge in [0.2, 0.25) is 0 Å². The molecule has 1 amide bonds. The van der Waals surface area contributed by atoms with Gasteiger partial charge in [-0.15, -0.1) is 0 Å². The number of ether oxygens (including phenoxy) is 1. The van der Waals surface area contributed by atoms with Gasteiger partial charge in [-0.25, -0.2) is 8.91 Å². The summed E-state index contributed by atoms with van der Waals surface area (Å²) in [5.41, 5.74) is 7.51. The molecule has 3 heterocycles. The molecule has 1 atom stereocenters. The van der Waals surface area contributed by atoms with Crippen LogP contribution in [0.4, 0.5) is 10.1 Å². The van der Waals surface area contributed by atoms with Crippen LogP contribution in [0.2, 0.25) is 0 Å². The summed E-state index contributed by atoms with van der Waals surface area (Å²) in [6, 6.07) is 11.0. The highest BCUT2D eigenvalue weighted by molar-refractivity contribution is 6.03. The Bertz CT molecular complexity index is 981. The molecule has 0 radical (unpaired) electrons. The second kappa shape index (κ2) is 6.57. The van der Waals surface area contributed by atoms with Crippen molar-refractivity contribution in [2.45, 2.75) is 6.04 Å². The van der Waals surface area contributed by atoms with Crippen LogP contribution in [0, 0.1) is 5.82 Å². The zero-order chi connectivity index (χ0) is 18.1. The first-order valence-corrected chi connectivity index (χ1v) is 8.05. The fourth-order valence-corrected chi connectivity index (χ4v) is 2.83. The van der Waals surface area contributed by atoms with E-state index in [4.69, 9.17) is 10.5 Å². The molecular formula is C18H16FN5O2. The van der Waals surface area contributed by atoms with E-state index in [1.165, 1.54) is 12.1 Å². The van der Waals surface area contributed by atoms with Crippen LogP contribution in [-0.2, 0) is 4.74 Å². The first-order valence-electron chi connectivity index (χ1n) is 8.05. The Labute approximate surface area is 148 Å². The van der Waals surface area contributed by atoms with E-state index in [2.05, 4.69) is 15.4 Å². The van der Waals surface area contributed by atoms with Crippen LogP contribution < -0.4 is 11.1 Å². The number of rotatable bonds is 3. The summed E-state index contributed by atoms with van der Waals surface area (Å²) in [5.74, 6) is -0.489. The standard InChI is InChI=1S/C18H16FN5O2/c19-14-5-4-11(7-13(14)16-9-26-10-17(20)22-16)21-18(25)15-8-12-3-1-2-6-24(12)23-15/h1-8,16H,9-10H2,(H2,20,22)(H,21,25)/t16-/m0/s1. The number of nitrogens with one attached hydrogen (secondary N) is 1. The number of aromatic nitrogens is 2. The lowest BCUT2D eigenvalue weighted by atomic mass is 10.1. The van der Waals surface area contributed by atoms with Gasteiger partial charge in [-0.1, -0.05) is 6.07 Å². The smallest absolute Gasteiger partial charge is 0.276 e. The summed E-state index contributed by atoms with van der Waals surface area (Å²) in [5, 5.41) is 6.96. The first-order chi connectivity index (χ1) is 12.6. The number of carbonyl (C=O) groups excluding carboxylic acids is 1. The van der Waals surface area contributed by atoms with Gasteiger partial charge in [-0.3, -0.25) is 9.79 Å². The number of nitrogens with zero attached hydrogens (tertiary/aromatic N) is 3. The van der Waals surface area contributed by atoms with Crippen LogP contribution in [-0.4, -0.2) is 34.6 Å². The minimum Gasteiger partial charge on any atom is -0.386 e. The summed E-state index contributed by atoms with van der Waals surface area (Å²) in [7, 11) is 0. The molecule has 0 aliphatic carbocycles. The predicted octanol–water partition coefficient (Wildman–Crippen LogP) is 2.15. The highest BCUT2D eigenvalue weighted by atomic mass is 19.1. The minimum absolute atomic E-state index is 0.238. The molecule has 0 fully saturated rings. The van der Waals surface area contributed by atoms with Crippen molar-refractivity contribution in [3.05, 3.63) is 65.7 Å². The third-order valence-corrected chi connectivity index (χ3v) is 4.06. The van der Waals surface area contributed by atoms with Gasteiger partial charge >= 0.3 is 0 Å². The van der Waals surface area contributed by atoms with E-state index >= 15 is 0 Å². The van der Waals surface area contributed by atoms with Crippen molar-refractivity contribution in [3.63, 3.8) is 0 Å². The largest absolute Gasteiger partial charge is 0.386 e. The van der Waals surface area contributed by atoms with Crippen molar-refractivity contribution in [2.75, 3.05) is 18.5 Å². The van der Waals surface area contributed by atoms with Crippen LogP contribution in [0.5, 0.6) is 0 Å². The number of nitrogens with two attached hydrogens (primary N) is 1. The molecule has 26 heavy (non-hydrogen) atoms. The van der Waals surface area contributed by atoms with E-state index in [-0.39, 0.29) is 24.8 Å². The van der Waals surface area contributed by atoms with Gasteiger partial charge in [0, 0.05) is 17.4 Å². The molecule has 0 saturated carbocycles.